The number of amides is 2. The van der Waals surface area contributed by atoms with Crippen molar-refractivity contribution in [3.05, 3.63) is 66.2 Å². The highest BCUT2D eigenvalue weighted by molar-refractivity contribution is 5.89. The van der Waals surface area contributed by atoms with E-state index in [1.54, 1.807) is 0 Å². The van der Waals surface area contributed by atoms with E-state index in [1.807, 2.05) is 42.5 Å². The molecule has 0 fully saturated rings. The number of urea groups is 1. The first-order valence-electron chi connectivity index (χ1n) is 8.69. The Morgan fingerprint density at radius 1 is 0.917 bits per heavy atom. The lowest BCUT2D eigenvalue weighted by Gasteiger charge is -2.13. The molecule has 0 radical (unpaired) electrons. The van der Waals surface area contributed by atoms with Crippen molar-refractivity contribution >= 4 is 11.7 Å². The number of nitrogens with one attached hydrogen (secondary N) is 2. The Labute approximate surface area is 143 Å². The van der Waals surface area contributed by atoms with Gasteiger partial charge in [0.25, 0.3) is 0 Å². The predicted octanol–water partition coefficient (Wildman–Crippen LogP) is 5.37. The summed E-state index contributed by atoms with van der Waals surface area (Å²) in [6.07, 6.45) is 8.24. The van der Waals surface area contributed by atoms with Gasteiger partial charge in [0.05, 0.1) is 0 Å². The van der Waals surface area contributed by atoms with Gasteiger partial charge in [0, 0.05) is 12.2 Å². The summed E-state index contributed by atoms with van der Waals surface area (Å²) in [5.41, 5.74) is 4.61. The van der Waals surface area contributed by atoms with Gasteiger partial charge in [0.2, 0.25) is 0 Å². The van der Waals surface area contributed by atoms with Crippen molar-refractivity contribution < 1.29 is 4.79 Å². The first kappa shape index (κ1) is 16.3. The Hall–Kier alpha value is -2.55. The zero-order chi connectivity index (χ0) is 16.6. The molecule has 2 amide bonds. The summed E-state index contributed by atoms with van der Waals surface area (Å²) in [6.45, 7) is 0.694. The van der Waals surface area contributed by atoms with Crippen molar-refractivity contribution in [2.45, 2.75) is 32.1 Å². The van der Waals surface area contributed by atoms with Crippen LogP contribution in [0.4, 0.5) is 10.5 Å². The number of anilines is 1. The average molecular weight is 320 g/mol. The van der Waals surface area contributed by atoms with Crippen LogP contribution in [0.5, 0.6) is 0 Å². The summed E-state index contributed by atoms with van der Waals surface area (Å²) in [5.74, 6) is 0. The molecule has 0 aromatic heterocycles. The molecule has 0 saturated heterocycles. The van der Waals surface area contributed by atoms with Gasteiger partial charge in [-0.15, -0.1) is 0 Å². The van der Waals surface area contributed by atoms with E-state index >= 15 is 0 Å². The molecule has 0 spiro atoms. The summed E-state index contributed by atoms with van der Waals surface area (Å²) < 4.78 is 0. The van der Waals surface area contributed by atoms with E-state index in [0.29, 0.717) is 6.54 Å². The second-order valence-electron chi connectivity index (χ2n) is 6.18. The maximum atomic E-state index is 12.0. The monoisotopic (exact) mass is 320 g/mol. The Morgan fingerprint density at radius 2 is 1.67 bits per heavy atom. The number of rotatable bonds is 5. The highest BCUT2D eigenvalue weighted by atomic mass is 16.2. The number of benzene rings is 2. The van der Waals surface area contributed by atoms with Crippen LogP contribution in [-0.4, -0.2) is 12.6 Å². The molecule has 124 valence electrons. The van der Waals surface area contributed by atoms with Gasteiger partial charge in [-0.3, -0.25) is 0 Å². The number of carbonyl (C=O) groups excluding carboxylic acids is 1. The van der Waals surface area contributed by atoms with E-state index in [9.17, 15) is 4.79 Å². The molecular formula is C21H24N2O. The standard InChI is InChI=1S/C21H24N2O/c24-21(22-16-15-17-7-3-1-4-8-17)23-20-13-11-19(12-14-20)18-9-5-2-6-10-18/h2,5-7,9-14H,1,3-4,8,15-16H2,(H2,22,23,24). The molecule has 0 atom stereocenters. The van der Waals surface area contributed by atoms with E-state index in [0.717, 1.165) is 17.7 Å². The van der Waals surface area contributed by atoms with Crippen LogP contribution in [0.2, 0.25) is 0 Å². The average Bonchev–Trinajstić information content (AvgIpc) is 2.64. The van der Waals surface area contributed by atoms with Crippen molar-refractivity contribution in [3.8, 4) is 11.1 Å². The number of carbonyl (C=O) groups is 1. The first-order chi connectivity index (χ1) is 11.8. The van der Waals surface area contributed by atoms with Gasteiger partial charge < -0.3 is 10.6 Å². The molecular weight excluding hydrogens is 296 g/mol. The molecule has 3 heteroatoms. The fraction of sp³-hybridized carbons (Fsp3) is 0.286. The molecule has 3 nitrogen and oxygen atoms in total. The van der Waals surface area contributed by atoms with Crippen LogP contribution in [0.25, 0.3) is 11.1 Å². The summed E-state index contributed by atoms with van der Waals surface area (Å²) in [5, 5.41) is 5.82. The van der Waals surface area contributed by atoms with E-state index in [1.165, 1.54) is 36.8 Å². The quantitative estimate of drug-likeness (QED) is 0.715. The molecule has 0 unspecified atom stereocenters. The van der Waals surface area contributed by atoms with Crippen molar-refractivity contribution in [3.63, 3.8) is 0 Å². The van der Waals surface area contributed by atoms with Crippen molar-refractivity contribution in [1.82, 2.24) is 5.32 Å². The van der Waals surface area contributed by atoms with Gasteiger partial charge >= 0.3 is 6.03 Å². The topological polar surface area (TPSA) is 41.1 Å². The molecule has 0 bridgehead atoms. The minimum atomic E-state index is -0.140. The Balaban J connectivity index is 1.47. The first-order valence-corrected chi connectivity index (χ1v) is 8.69. The van der Waals surface area contributed by atoms with Gasteiger partial charge in [-0.25, -0.2) is 4.79 Å². The van der Waals surface area contributed by atoms with Gasteiger partial charge in [0.15, 0.2) is 0 Å². The SMILES string of the molecule is O=C(NCCC1=CCCCC1)Nc1ccc(-c2ccccc2)cc1. The van der Waals surface area contributed by atoms with Crippen LogP contribution in [0, 0.1) is 0 Å². The molecule has 24 heavy (non-hydrogen) atoms. The van der Waals surface area contributed by atoms with Gasteiger partial charge in [-0.05, 0) is 55.4 Å². The molecule has 0 heterocycles. The summed E-state index contributed by atoms with van der Waals surface area (Å²) >= 11 is 0. The summed E-state index contributed by atoms with van der Waals surface area (Å²) in [6, 6.07) is 18.0. The number of hydrogen-bond donors (Lipinski definition) is 2. The van der Waals surface area contributed by atoms with Crippen LogP contribution < -0.4 is 10.6 Å². The van der Waals surface area contributed by atoms with E-state index in [-0.39, 0.29) is 6.03 Å². The largest absolute Gasteiger partial charge is 0.338 e. The Morgan fingerprint density at radius 3 is 2.38 bits per heavy atom. The third-order valence-electron chi connectivity index (χ3n) is 4.37. The second-order valence-corrected chi connectivity index (χ2v) is 6.18. The highest BCUT2D eigenvalue weighted by Crippen LogP contribution is 2.21. The molecule has 1 aliphatic carbocycles. The second kappa shape index (κ2) is 8.34. The van der Waals surface area contributed by atoms with Gasteiger partial charge in [0.1, 0.15) is 0 Å². The fourth-order valence-electron chi connectivity index (χ4n) is 3.02. The Kier molecular flexibility index (Phi) is 5.67. The van der Waals surface area contributed by atoms with Gasteiger partial charge in [-0.1, -0.05) is 54.1 Å². The number of hydrogen-bond acceptors (Lipinski definition) is 1. The smallest absolute Gasteiger partial charge is 0.319 e. The molecule has 2 N–H and O–H groups in total. The zero-order valence-corrected chi connectivity index (χ0v) is 13.9. The fourth-order valence-corrected chi connectivity index (χ4v) is 3.02. The molecule has 3 rings (SSSR count). The third-order valence-corrected chi connectivity index (χ3v) is 4.37. The van der Waals surface area contributed by atoms with Crippen molar-refractivity contribution in [2.75, 3.05) is 11.9 Å². The van der Waals surface area contributed by atoms with Crippen LogP contribution in [0.3, 0.4) is 0 Å². The highest BCUT2D eigenvalue weighted by Gasteiger charge is 2.05. The zero-order valence-electron chi connectivity index (χ0n) is 13.9. The van der Waals surface area contributed by atoms with Crippen molar-refractivity contribution in [1.29, 1.82) is 0 Å². The van der Waals surface area contributed by atoms with Crippen LogP contribution in [0.15, 0.2) is 66.2 Å². The summed E-state index contributed by atoms with van der Waals surface area (Å²) in [4.78, 5) is 12.0. The van der Waals surface area contributed by atoms with Crippen LogP contribution >= 0.6 is 0 Å². The minimum Gasteiger partial charge on any atom is -0.338 e. The molecule has 2 aromatic rings. The molecule has 1 aliphatic rings. The van der Waals surface area contributed by atoms with E-state index in [4.69, 9.17) is 0 Å². The van der Waals surface area contributed by atoms with Crippen LogP contribution in [-0.2, 0) is 0 Å². The minimum absolute atomic E-state index is 0.140. The summed E-state index contributed by atoms with van der Waals surface area (Å²) in [7, 11) is 0. The number of allylic oxidation sites excluding steroid dienone is 1. The normalized spacial score (nSPS) is 13.9. The molecule has 2 aromatic carbocycles. The maximum Gasteiger partial charge on any atom is 0.319 e. The molecule has 0 aliphatic heterocycles. The van der Waals surface area contributed by atoms with E-state index in [2.05, 4.69) is 28.8 Å². The van der Waals surface area contributed by atoms with Crippen molar-refractivity contribution in [2.24, 2.45) is 0 Å². The third kappa shape index (κ3) is 4.72. The lowest BCUT2D eigenvalue weighted by atomic mass is 9.97. The lowest BCUT2D eigenvalue weighted by Crippen LogP contribution is -2.29. The lowest BCUT2D eigenvalue weighted by molar-refractivity contribution is 0.252. The maximum absolute atomic E-state index is 12.0. The van der Waals surface area contributed by atoms with Gasteiger partial charge in [-0.2, -0.15) is 0 Å². The van der Waals surface area contributed by atoms with Crippen LogP contribution in [0.1, 0.15) is 32.1 Å². The molecule has 0 saturated carbocycles. The predicted molar refractivity (Wildman–Crippen MR) is 100 cm³/mol. The van der Waals surface area contributed by atoms with E-state index < -0.39 is 0 Å². The Bertz CT molecular complexity index is 690.